The molecule has 0 fully saturated rings. The summed E-state index contributed by atoms with van der Waals surface area (Å²) in [5.41, 5.74) is 0.937. The van der Waals surface area contributed by atoms with E-state index in [4.69, 9.17) is 0 Å². The van der Waals surface area contributed by atoms with Gasteiger partial charge in [-0.1, -0.05) is 22.9 Å². The van der Waals surface area contributed by atoms with Gasteiger partial charge in [-0.3, -0.25) is 4.79 Å². The van der Waals surface area contributed by atoms with Crippen LogP contribution < -0.4 is 0 Å². The fourth-order valence-corrected chi connectivity index (χ4v) is 1.98. The average Bonchev–Trinajstić information content (AvgIpc) is 2.50. The van der Waals surface area contributed by atoms with Gasteiger partial charge in [-0.05, 0) is 0 Å². The number of carbonyl (C=O) groups excluding carboxylic acids is 1. The van der Waals surface area contributed by atoms with Gasteiger partial charge in [-0.15, -0.1) is 11.3 Å². The van der Waals surface area contributed by atoms with E-state index in [0.717, 1.165) is 11.0 Å². The van der Waals surface area contributed by atoms with E-state index in [1.165, 1.54) is 11.3 Å². The first-order chi connectivity index (χ1) is 5.27. The third kappa shape index (κ3) is 2.10. The summed E-state index contributed by atoms with van der Waals surface area (Å²) in [6.45, 7) is 1.84. The molecule has 0 unspecified atom stereocenters. The monoisotopic (exact) mass is 233 g/mol. The molecule has 60 valence electrons. The van der Waals surface area contributed by atoms with Gasteiger partial charge >= 0.3 is 0 Å². The zero-order valence-electron chi connectivity index (χ0n) is 6.13. The summed E-state index contributed by atoms with van der Waals surface area (Å²) < 4.78 is 0. The lowest BCUT2D eigenvalue weighted by Gasteiger charge is -1.87. The maximum absolute atomic E-state index is 11.1. The third-order valence-corrected chi connectivity index (χ3v) is 2.75. The van der Waals surface area contributed by atoms with E-state index >= 15 is 0 Å². The minimum atomic E-state index is 0.127. The third-order valence-electron chi connectivity index (χ3n) is 1.25. The first-order valence-corrected chi connectivity index (χ1v) is 5.31. The lowest BCUT2D eigenvalue weighted by molar-refractivity contribution is 0.0987. The highest BCUT2D eigenvalue weighted by Gasteiger charge is 2.07. The second-order valence-corrected chi connectivity index (χ2v) is 3.47. The molecule has 1 rings (SSSR count). The van der Waals surface area contributed by atoms with Crippen LogP contribution in [0.15, 0.2) is 5.38 Å². The molecule has 0 aliphatic rings. The van der Waals surface area contributed by atoms with Crippen LogP contribution in [-0.2, 0) is 5.33 Å². The Labute approximate surface area is 77.8 Å². The Morgan fingerprint density at radius 2 is 2.55 bits per heavy atom. The molecule has 0 aromatic carbocycles. The molecular weight excluding hydrogens is 226 g/mol. The van der Waals surface area contributed by atoms with Gasteiger partial charge in [0.25, 0.3) is 0 Å². The van der Waals surface area contributed by atoms with Crippen molar-refractivity contribution in [1.82, 2.24) is 4.98 Å². The number of aromatic nitrogens is 1. The van der Waals surface area contributed by atoms with Crippen molar-refractivity contribution < 1.29 is 4.79 Å². The summed E-state index contributed by atoms with van der Waals surface area (Å²) in [6.07, 6.45) is 0.537. The number of halogens is 1. The highest BCUT2D eigenvalue weighted by atomic mass is 79.9. The predicted octanol–water partition coefficient (Wildman–Crippen LogP) is 2.63. The molecule has 0 radical (unpaired) electrons. The normalized spacial score (nSPS) is 10.0. The van der Waals surface area contributed by atoms with Crippen molar-refractivity contribution in [3.8, 4) is 0 Å². The van der Waals surface area contributed by atoms with Crippen molar-refractivity contribution in [2.75, 3.05) is 0 Å². The SMILES string of the molecule is CCC(=O)c1nc(CBr)cs1. The molecule has 0 saturated heterocycles. The Hall–Kier alpha value is -0.220. The molecule has 0 bridgehead atoms. The van der Waals surface area contributed by atoms with Crippen LogP contribution in [0.25, 0.3) is 0 Å². The first-order valence-electron chi connectivity index (χ1n) is 3.31. The number of ketones is 1. The molecule has 11 heavy (non-hydrogen) atoms. The second kappa shape index (κ2) is 3.97. The van der Waals surface area contributed by atoms with Gasteiger partial charge < -0.3 is 0 Å². The molecule has 0 N–H and O–H groups in total. The van der Waals surface area contributed by atoms with Crippen molar-refractivity contribution in [1.29, 1.82) is 0 Å². The smallest absolute Gasteiger partial charge is 0.191 e. The predicted molar refractivity (Wildman–Crippen MR) is 49.4 cm³/mol. The summed E-state index contributed by atoms with van der Waals surface area (Å²) in [5.74, 6) is 0.127. The Bertz CT molecular complexity index is 259. The molecular formula is C7H8BrNOS. The first kappa shape index (κ1) is 8.87. The number of carbonyl (C=O) groups is 1. The summed E-state index contributed by atoms with van der Waals surface area (Å²) in [5, 5.41) is 3.25. The van der Waals surface area contributed by atoms with Gasteiger partial charge in [0.2, 0.25) is 0 Å². The summed E-state index contributed by atoms with van der Waals surface area (Å²) in [6, 6.07) is 0. The second-order valence-electron chi connectivity index (χ2n) is 2.05. The van der Waals surface area contributed by atoms with E-state index in [-0.39, 0.29) is 5.78 Å². The van der Waals surface area contributed by atoms with Crippen molar-refractivity contribution >= 4 is 33.0 Å². The molecule has 2 nitrogen and oxygen atoms in total. The van der Waals surface area contributed by atoms with Gasteiger partial charge in [0, 0.05) is 17.1 Å². The fourth-order valence-electron chi connectivity index (χ4n) is 0.648. The molecule has 0 amide bonds. The lowest BCUT2D eigenvalue weighted by atomic mass is 10.3. The number of alkyl halides is 1. The van der Waals surface area contributed by atoms with E-state index in [1.807, 2.05) is 12.3 Å². The van der Waals surface area contributed by atoms with Crippen molar-refractivity contribution in [3.05, 3.63) is 16.1 Å². The van der Waals surface area contributed by atoms with Crippen LogP contribution in [0, 0.1) is 0 Å². The molecule has 0 atom stereocenters. The van der Waals surface area contributed by atoms with E-state index < -0.39 is 0 Å². The Morgan fingerprint density at radius 1 is 1.82 bits per heavy atom. The maximum atomic E-state index is 11.1. The Morgan fingerprint density at radius 3 is 3.00 bits per heavy atom. The van der Waals surface area contributed by atoms with Gasteiger partial charge in [-0.25, -0.2) is 4.98 Å². The van der Waals surface area contributed by atoms with Crippen LogP contribution in [0.2, 0.25) is 0 Å². The van der Waals surface area contributed by atoms with E-state index in [1.54, 1.807) is 0 Å². The topological polar surface area (TPSA) is 30.0 Å². The van der Waals surface area contributed by atoms with Crippen molar-refractivity contribution in [2.24, 2.45) is 0 Å². The number of thiazole rings is 1. The highest BCUT2D eigenvalue weighted by molar-refractivity contribution is 9.08. The largest absolute Gasteiger partial charge is 0.292 e. The molecule has 0 saturated carbocycles. The van der Waals surface area contributed by atoms with E-state index in [2.05, 4.69) is 20.9 Å². The zero-order chi connectivity index (χ0) is 8.27. The summed E-state index contributed by atoms with van der Waals surface area (Å²) in [4.78, 5) is 15.2. The summed E-state index contributed by atoms with van der Waals surface area (Å²) >= 11 is 4.69. The number of Topliss-reactive ketones (excluding diaryl/α,β-unsaturated/α-hetero) is 1. The van der Waals surface area contributed by atoms with Crippen molar-refractivity contribution in [3.63, 3.8) is 0 Å². The number of hydrogen-bond acceptors (Lipinski definition) is 3. The number of nitrogens with zero attached hydrogens (tertiary/aromatic N) is 1. The molecule has 0 spiro atoms. The van der Waals surface area contributed by atoms with Crippen LogP contribution in [0.5, 0.6) is 0 Å². The minimum Gasteiger partial charge on any atom is -0.292 e. The number of rotatable bonds is 3. The molecule has 0 aliphatic carbocycles. The molecule has 1 aromatic rings. The standard InChI is InChI=1S/C7H8BrNOS/c1-2-6(10)7-9-5(3-8)4-11-7/h4H,2-3H2,1H3. The zero-order valence-corrected chi connectivity index (χ0v) is 8.54. The molecule has 0 aliphatic heterocycles. The van der Waals surface area contributed by atoms with Crippen LogP contribution in [-0.4, -0.2) is 10.8 Å². The van der Waals surface area contributed by atoms with Crippen LogP contribution in [0.4, 0.5) is 0 Å². The Balaban J connectivity index is 2.80. The summed E-state index contributed by atoms with van der Waals surface area (Å²) in [7, 11) is 0. The van der Waals surface area contributed by atoms with Crippen LogP contribution >= 0.6 is 27.3 Å². The minimum absolute atomic E-state index is 0.127. The molecule has 1 heterocycles. The number of hydrogen-bond donors (Lipinski definition) is 0. The van der Waals surface area contributed by atoms with Crippen LogP contribution in [0.3, 0.4) is 0 Å². The maximum Gasteiger partial charge on any atom is 0.191 e. The lowest BCUT2D eigenvalue weighted by Crippen LogP contribution is -1.95. The van der Waals surface area contributed by atoms with E-state index in [9.17, 15) is 4.79 Å². The van der Waals surface area contributed by atoms with Gasteiger partial charge in [0.15, 0.2) is 10.8 Å². The average molecular weight is 234 g/mol. The van der Waals surface area contributed by atoms with E-state index in [0.29, 0.717) is 11.4 Å². The Kier molecular flexibility index (Phi) is 3.20. The van der Waals surface area contributed by atoms with Crippen molar-refractivity contribution in [2.45, 2.75) is 18.7 Å². The van der Waals surface area contributed by atoms with Crippen LogP contribution in [0.1, 0.15) is 28.8 Å². The van der Waals surface area contributed by atoms with Gasteiger partial charge in [0.05, 0.1) is 5.69 Å². The molecule has 4 heteroatoms. The van der Waals surface area contributed by atoms with Gasteiger partial charge in [-0.2, -0.15) is 0 Å². The highest BCUT2D eigenvalue weighted by Crippen LogP contribution is 2.13. The fraction of sp³-hybridized carbons (Fsp3) is 0.429. The quantitative estimate of drug-likeness (QED) is 0.594. The van der Waals surface area contributed by atoms with Gasteiger partial charge in [0.1, 0.15) is 0 Å². The molecule has 1 aromatic heterocycles.